The van der Waals surface area contributed by atoms with E-state index in [9.17, 15) is 22.4 Å². The van der Waals surface area contributed by atoms with Gasteiger partial charge in [0.25, 0.3) is 10.0 Å². The van der Waals surface area contributed by atoms with Crippen molar-refractivity contribution in [3.8, 4) is 11.5 Å². The van der Waals surface area contributed by atoms with Crippen LogP contribution in [0.2, 0.25) is 0 Å². The van der Waals surface area contributed by atoms with Crippen molar-refractivity contribution in [2.75, 3.05) is 24.6 Å². The molecule has 0 bridgehead atoms. The van der Waals surface area contributed by atoms with Crippen molar-refractivity contribution in [2.24, 2.45) is 0 Å². The van der Waals surface area contributed by atoms with Gasteiger partial charge < -0.3 is 19.7 Å². The van der Waals surface area contributed by atoms with Crippen LogP contribution >= 0.6 is 0 Å². The molecule has 0 radical (unpaired) electrons. The van der Waals surface area contributed by atoms with Crippen LogP contribution in [0.5, 0.6) is 11.5 Å². The van der Waals surface area contributed by atoms with Gasteiger partial charge in [0, 0.05) is 12.6 Å². The fraction of sp³-hybridized carbons (Fsp3) is 0.355. The van der Waals surface area contributed by atoms with Gasteiger partial charge >= 0.3 is 0 Å². The molecule has 226 valence electrons. The zero-order valence-electron chi connectivity index (χ0n) is 24.5. The van der Waals surface area contributed by atoms with Crippen molar-refractivity contribution < 1.29 is 31.9 Å². The van der Waals surface area contributed by atoms with Gasteiger partial charge in [-0.05, 0) is 93.4 Å². The lowest BCUT2D eigenvalue weighted by Gasteiger charge is -2.32. The molecule has 3 aromatic carbocycles. The SMILES string of the molecule is CCOc1ccc(N(CC(=O)N(Cc2ccc(OC)cc2)[C@H](C)C(=O)N[C@H](C)CC)S(=O)(=O)c2ccc(F)cc2)cc1. The molecule has 1 N–H and O–H groups in total. The van der Waals surface area contributed by atoms with Gasteiger partial charge in [-0.1, -0.05) is 19.1 Å². The third kappa shape index (κ3) is 8.22. The number of carbonyl (C=O) groups excluding carboxylic acids is 2. The second kappa shape index (κ2) is 14.7. The van der Waals surface area contributed by atoms with Crippen LogP contribution in [0.25, 0.3) is 0 Å². The molecule has 42 heavy (non-hydrogen) atoms. The van der Waals surface area contributed by atoms with E-state index in [2.05, 4.69) is 5.32 Å². The zero-order valence-corrected chi connectivity index (χ0v) is 25.4. The molecule has 2 amide bonds. The molecule has 0 heterocycles. The van der Waals surface area contributed by atoms with Crippen molar-refractivity contribution in [1.29, 1.82) is 0 Å². The first-order valence-corrected chi connectivity index (χ1v) is 15.2. The van der Waals surface area contributed by atoms with Crippen LogP contribution in [0.1, 0.15) is 39.7 Å². The molecule has 0 aliphatic rings. The number of benzene rings is 3. The molecule has 9 nitrogen and oxygen atoms in total. The molecule has 0 saturated heterocycles. The quantitative estimate of drug-likeness (QED) is 0.287. The first kappa shape index (κ1) is 32.4. The molecular formula is C31H38FN3O6S. The van der Waals surface area contributed by atoms with Gasteiger partial charge in [0.15, 0.2) is 0 Å². The fourth-order valence-corrected chi connectivity index (χ4v) is 5.53. The monoisotopic (exact) mass is 599 g/mol. The highest BCUT2D eigenvalue weighted by molar-refractivity contribution is 7.92. The first-order valence-electron chi connectivity index (χ1n) is 13.7. The number of ether oxygens (including phenoxy) is 2. The van der Waals surface area contributed by atoms with Crippen molar-refractivity contribution in [1.82, 2.24) is 10.2 Å². The number of hydrogen-bond acceptors (Lipinski definition) is 6. The summed E-state index contributed by atoms with van der Waals surface area (Å²) in [6.45, 7) is 7.10. The van der Waals surface area contributed by atoms with Crippen LogP contribution in [0.3, 0.4) is 0 Å². The standard InChI is InChI=1S/C31H38FN3O6S/c1-6-22(3)33-31(37)23(4)34(20-24-8-14-27(40-5)15-9-24)30(36)21-35(26-12-16-28(17-13-26)41-7-2)42(38,39)29-18-10-25(32)11-19-29/h8-19,22-23H,6-7,20-21H2,1-5H3,(H,33,37)/t22-,23-/m1/s1. The van der Waals surface area contributed by atoms with Gasteiger partial charge in [0.05, 0.1) is 24.3 Å². The molecule has 11 heteroatoms. The molecule has 2 atom stereocenters. The van der Waals surface area contributed by atoms with E-state index in [-0.39, 0.29) is 29.1 Å². The van der Waals surface area contributed by atoms with Gasteiger partial charge in [0.2, 0.25) is 11.8 Å². The van der Waals surface area contributed by atoms with E-state index in [0.717, 1.165) is 34.1 Å². The molecular weight excluding hydrogens is 561 g/mol. The second-order valence-corrected chi connectivity index (χ2v) is 11.6. The fourth-order valence-electron chi connectivity index (χ4n) is 4.11. The maximum Gasteiger partial charge on any atom is 0.264 e. The number of halogens is 1. The van der Waals surface area contributed by atoms with Crippen LogP contribution in [-0.4, -0.2) is 57.5 Å². The molecule has 0 unspecified atom stereocenters. The predicted molar refractivity (Wildman–Crippen MR) is 159 cm³/mol. The van der Waals surface area contributed by atoms with E-state index in [1.54, 1.807) is 50.4 Å². The lowest BCUT2D eigenvalue weighted by Crippen LogP contribution is -2.52. The number of amides is 2. The zero-order chi connectivity index (χ0) is 30.9. The number of carbonyl (C=O) groups is 2. The third-order valence-electron chi connectivity index (χ3n) is 6.80. The maximum absolute atomic E-state index is 14.0. The minimum atomic E-state index is -4.31. The van der Waals surface area contributed by atoms with Crippen LogP contribution in [0.4, 0.5) is 10.1 Å². The van der Waals surface area contributed by atoms with E-state index in [4.69, 9.17) is 9.47 Å². The number of nitrogens with zero attached hydrogens (tertiary/aromatic N) is 2. The Labute approximate surface area is 247 Å². The van der Waals surface area contributed by atoms with Crippen molar-refractivity contribution in [3.63, 3.8) is 0 Å². The number of anilines is 1. The van der Waals surface area contributed by atoms with Crippen LogP contribution < -0.4 is 19.1 Å². The Bertz CT molecular complexity index is 1430. The summed E-state index contributed by atoms with van der Waals surface area (Å²) in [6.07, 6.45) is 0.701. The van der Waals surface area contributed by atoms with Gasteiger partial charge in [0.1, 0.15) is 29.9 Å². The van der Waals surface area contributed by atoms with Gasteiger partial charge in [-0.25, -0.2) is 12.8 Å². The molecule has 3 aromatic rings. The first-order chi connectivity index (χ1) is 20.0. The molecule has 0 spiro atoms. The number of hydrogen-bond donors (Lipinski definition) is 1. The van der Waals surface area contributed by atoms with Crippen LogP contribution in [-0.2, 0) is 26.2 Å². The number of methoxy groups -OCH3 is 1. The summed E-state index contributed by atoms with van der Waals surface area (Å²) in [7, 11) is -2.77. The Morgan fingerprint density at radius 1 is 0.905 bits per heavy atom. The molecule has 0 saturated carbocycles. The van der Waals surface area contributed by atoms with E-state index < -0.39 is 34.3 Å². The second-order valence-electron chi connectivity index (χ2n) is 9.76. The summed E-state index contributed by atoms with van der Waals surface area (Å²) < 4.78 is 53.0. The summed E-state index contributed by atoms with van der Waals surface area (Å²) in [5.41, 5.74) is 0.929. The van der Waals surface area contributed by atoms with Crippen LogP contribution in [0.15, 0.2) is 77.7 Å². The predicted octanol–water partition coefficient (Wildman–Crippen LogP) is 4.76. The van der Waals surface area contributed by atoms with E-state index in [1.165, 1.54) is 17.0 Å². The van der Waals surface area contributed by atoms with Gasteiger partial charge in [-0.2, -0.15) is 0 Å². The largest absolute Gasteiger partial charge is 0.497 e. The highest BCUT2D eigenvalue weighted by atomic mass is 32.2. The highest BCUT2D eigenvalue weighted by Gasteiger charge is 2.33. The van der Waals surface area contributed by atoms with Gasteiger partial charge in [-0.3, -0.25) is 13.9 Å². The number of sulfonamides is 1. The van der Waals surface area contributed by atoms with E-state index in [1.807, 2.05) is 20.8 Å². The lowest BCUT2D eigenvalue weighted by molar-refractivity contribution is -0.139. The third-order valence-corrected chi connectivity index (χ3v) is 8.58. The molecule has 0 aliphatic carbocycles. The Kier molecular flexibility index (Phi) is 11.3. The summed E-state index contributed by atoms with van der Waals surface area (Å²) in [5, 5.41) is 2.90. The molecule has 3 rings (SSSR count). The average Bonchev–Trinajstić information content (AvgIpc) is 2.99. The highest BCUT2D eigenvalue weighted by Crippen LogP contribution is 2.27. The topological polar surface area (TPSA) is 105 Å². The van der Waals surface area contributed by atoms with E-state index in [0.29, 0.717) is 24.5 Å². The van der Waals surface area contributed by atoms with Crippen molar-refractivity contribution in [2.45, 2.75) is 57.6 Å². The van der Waals surface area contributed by atoms with Gasteiger partial charge in [-0.15, -0.1) is 0 Å². The number of rotatable bonds is 14. The summed E-state index contributed by atoms with van der Waals surface area (Å²) in [5.74, 6) is -0.392. The van der Waals surface area contributed by atoms with E-state index >= 15 is 0 Å². The minimum absolute atomic E-state index is 0.0473. The summed E-state index contributed by atoms with van der Waals surface area (Å²) in [4.78, 5) is 28.3. The Balaban J connectivity index is 2.02. The summed E-state index contributed by atoms with van der Waals surface area (Å²) in [6, 6.07) is 16.7. The normalized spacial score (nSPS) is 12.6. The Morgan fingerprint density at radius 2 is 1.50 bits per heavy atom. The maximum atomic E-state index is 14.0. The molecule has 0 fully saturated rings. The Hall–Kier alpha value is -4.12. The van der Waals surface area contributed by atoms with Crippen molar-refractivity contribution >= 4 is 27.5 Å². The Morgan fingerprint density at radius 3 is 2.05 bits per heavy atom. The average molecular weight is 600 g/mol. The lowest BCUT2D eigenvalue weighted by atomic mass is 10.1. The minimum Gasteiger partial charge on any atom is -0.497 e. The smallest absolute Gasteiger partial charge is 0.264 e. The summed E-state index contributed by atoms with van der Waals surface area (Å²) >= 11 is 0. The van der Waals surface area contributed by atoms with Crippen LogP contribution in [0, 0.1) is 5.82 Å². The molecule has 0 aromatic heterocycles. The number of nitrogens with one attached hydrogen (secondary N) is 1. The molecule has 0 aliphatic heterocycles. The van der Waals surface area contributed by atoms with Crippen molar-refractivity contribution in [3.05, 3.63) is 84.2 Å².